The molecule has 5 heteroatoms. The number of hydrogen-bond donors (Lipinski definition) is 0. The van der Waals surface area contributed by atoms with E-state index in [1.807, 2.05) is 0 Å². The van der Waals surface area contributed by atoms with Crippen LogP contribution in [0, 0.1) is 0 Å². The van der Waals surface area contributed by atoms with Gasteiger partial charge in [0.1, 0.15) is 5.57 Å². The summed E-state index contributed by atoms with van der Waals surface area (Å²) in [5, 5.41) is 0. The van der Waals surface area contributed by atoms with Crippen LogP contribution in [0.15, 0.2) is 48.1 Å². The Morgan fingerprint density at radius 2 is 2.00 bits per heavy atom. The van der Waals surface area contributed by atoms with E-state index in [0.29, 0.717) is 0 Å². The quantitative estimate of drug-likeness (QED) is 0.428. The van der Waals surface area contributed by atoms with Crippen molar-refractivity contribution in [2.24, 2.45) is 0 Å². The average molecular weight is 260 g/mol. The molecule has 0 aliphatic rings. The molecule has 0 aromatic rings. The fourth-order valence-electron chi connectivity index (χ4n) is 1.11. The van der Waals surface area contributed by atoms with E-state index in [9.17, 15) is 18.0 Å². The number of hydrogen-bond acceptors (Lipinski definition) is 2. The Labute approximate surface area is 104 Å². The number of alkyl halides is 3. The lowest BCUT2D eigenvalue weighted by molar-refractivity contribution is -0.150. The topological polar surface area (TPSA) is 26.3 Å². The molecule has 0 amide bonds. The van der Waals surface area contributed by atoms with Gasteiger partial charge in [-0.05, 0) is 25.5 Å². The molecule has 0 unspecified atom stereocenters. The molecule has 100 valence electrons. The van der Waals surface area contributed by atoms with Crippen molar-refractivity contribution < 1.29 is 22.7 Å². The first-order chi connectivity index (χ1) is 8.36. The second-order valence-corrected chi connectivity index (χ2v) is 3.18. The van der Waals surface area contributed by atoms with Gasteiger partial charge >= 0.3 is 12.1 Å². The lowest BCUT2D eigenvalue weighted by Crippen LogP contribution is -2.22. The molecule has 0 aromatic carbocycles. The first-order valence-corrected chi connectivity index (χ1v) is 5.28. The molecule has 0 radical (unpaired) electrons. The maximum atomic E-state index is 12.7. The Morgan fingerprint density at radius 1 is 1.39 bits per heavy atom. The van der Waals surface area contributed by atoms with Gasteiger partial charge in [-0.1, -0.05) is 30.9 Å². The van der Waals surface area contributed by atoms with E-state index in [2.05, 4.69) is 11.3 Å². The maximum absolute atomic E-state index is 12.7. The van der Waals surface area contributed by atoms with E-state index >= 15 is 0 Å². The summed E-state index contributed by atoms with van der Waals surface area (Å²) in [6.45, 7) is 6.38. The summed E-state index contributed by atoms with van der Waals surface area (Å²) in [5.41, 5.74) is -1.12. The number of carbonyl (C=O) groups excluding carboxylic acids is 1. The minimum absolute atomic E-state index is 0.115. The van der Waals surface area contributed by atoms with Crippen molar-refractivity contribution in [3.8, 4) is 0 Å². The van der Waals surface area contributed by atoms with Gasteiger partial charge in [0.05, 0.1) is 6.61 Å². The molecule has 18 heavy (non-hydrogen) atoms. The number of rotatable bonds is 5. The molecule has 0 aliphatic heterocycles. The molecule has 0 bridgehead atoms. The summed E-state index contributed by atoms with van der Waals surface area (Å²) >= 11 is 0. The number of esters is 1. The van der Waals surface area contributed by atoms with Crippen molar-refractivity contribution >= 4 is 5.97 Å². The zero-order valence-corrected chi connectivity index (χ0v) is 10.3. The highest BCUT2D eigenvalue weighted by atomic mass is 19.4. The van der Waals surface area contributed by atoms with Crippen LogP contribution in [0.1, 0.15) is 13.8 Å². The van der Waals surface area contributed by atoms with Gasteiger partial charge in [0.15, 0.2) is 0 Å². The van der Waals surface area contributed by atoms with Gasteiger partial charge in [0, 0.05) is 0 Å². The Balaban J connectivity index is 5.49. The first-order valence-electron chi connectivity index (χ1n) is 5.28. The van der Waals surface area contributed by atoms with Crippen molar-refractivity contribution in [1.29, 1.82) is 0 Å². The highest BCUT2D eigenvalue weighted by Crippen LogP contribution is 2.28. The van der Waals surface area contributed by atoms with E-state index in [1.54, 1.807) is 13.0 Å². The first kappa shape index (κ1) is 16.2. The van der Waals surface area contributed by atoms with Gasteiger partial charge in [0.2, 0.25) is 0 Å². The Morgan fingerprint density at radius 3 is 2.39 bits per heavy atom. The molecule has 0 atom stereocenters. The Bertz CT molecular complexity index is 388. The van der Waals surface area contributed by atoms with Crippen LogP contribution in [0.5, 0.6) is 0 Å². The molecule has 0 N–H and O–H groups in total. The highest BCUT2D eigenvalue weighted by Gasteiger charge is 2.39. The molecule has 0 rings (SSSR count). The van der Waals surface area contributed by atoms with E-state index in [1.165, 1.54) is 25.2 Å². The van der Waals surface area contributed by atoms with Gasteiger partial charge in [-0.25, -0.2) is 4.79 Å². The van der Waals surface area contributed by atoms with Crippen LogP contribution in [0.4, 0.5) is 13.2 Å². The SMILES string of the molecule is C=C/C=C(\C=C\C)/C=C(\C(=O)OCC)C(F)(F)F. The summed E-state index contributed by atoms with van der Waals surface area (Å²) in [4.78, 5) is 11.2. The van der Waals surface area contributed by atoms with Crippen LogP contribution in [0.25, 0.3) is 0 Å². The van der Waals surface area contributed by atoms with E-state index in [0.717, 1.165) is 6.08 Å². The third-order valence-electron chi connectivity index (χ3n) is 1.78. The van der Waals surface area contributed by atoms with Crippen molar-refractivity contribution in [2.75, 3.05) is 6.61 Å². The van der Waals surface area contributed by atoms with Crippen LogP contribution < -0.4 is 0 Å². The van der Waals surface area contributed by atoms with Crippen LogP contribution >= 0.6 is 0 Å². The van der Waals surface area contributed by atoms with Crippen LogP contribution in [0.3, 0.4) is 0 Å². The van der Waals surface area contributed by atoms with Crippen molar-refractivity contribution in [3.05, 3.63) is 48.1 Å². The highest BCUT2D eigenvalue weighted by molar-refractivity contribution is 5.90. The molecular formula is C13H15F3O2. The third-order valence-corrected chi connectivity index (χ3v) is 1.78. The zero-order chi connectivity index (χ0) is 14.2. The van der Waals surface area contributed by atoms with Gasteiger partial charge in [0.25, 0.3) is 0 Å². The summed E-state index contributed by atoms with van der Waals surface area (Å²) in [5.74, 6) is -1.38. The number of allylic oxidation sites excluding steroid dienone is 6. The molecule has 0 fully saturated rings. The smallest absolute Gasteiger partial charge is 0.423 e. The minimum Gasteiger partial charge on any atom is -0.462 e. The minimum atomic E-state index is -4.76. The normalized spacial score (nSPS) is 13.8. The van der Waals surface area contributed by atoms with E-state index < -0.39 is 17.7 Å². The standard InChI is InChI=1S/C13H15F3O2/c1-4-7-10(8-5-2)9-11(13(14,15)16)12(17)18-6-3/h4-5,7-9H,1,6H2,2-3H3/b8-5+,10-7+,11-9+. The van der Waals surface area contributed by atoms with E-state index in [-0.39, 0.29) is 12.2 Å². The summed E-state index contributed by atoms with van der Waals surface area (Å²) in [6, 6.07) is 0. The summed E-state index contributed by atoms with van der Waals surface area (Å²) in [6.07, 6.45) is 1.68. The molecule has 0 spiro atoms. The summed E-state index contributed by atoms with van der Waals surface area (Å²) in [7, 11) is 0. The Kier molecular flexibility index (Phi) is 6.78. The van der Waals surface area contributed by atoms with Gasteiger partial charge in [-0.2, -0.15) is 13.2 Å². The molecule has 0 heterocycles. The monoisotopic (exact) mass is 260 g/mol. The number of carbonyl (C=O) groups is 1. The lowest BCUT2D eigenvalue weighted by Gasteiger charge is -2.10. The predicted octanol–water partition coefficient (Wildman–Crippen LogP) is 3.73. The van der Waals surface area contributed by atoms with Crippen molar-refractivity contribution in [1.82, 2.24) is 0 Å². The molecule has 0 saturated carbocycles. The number of halogens is 3. The zero-order valence-electron chi connectivity index (χ0n) is 10.3. The fraction of sp³-hybridized carbons (Fsp3) is 0.308. The Hall–Kier alpha value is -1.78. The van der Waals surface area contributed by atoms with Gasteiger partial charge in [-0.3, -0.25) is 0 Å². The van der Waals surface area contributed by atoms with Crippen molar-refractivity contribution in [2.45, 2.75) is 20.0 Å². The summed E-state index contributed by atoms with van der Waals surface area (Å²) < 4.78 is 42.4. The molecule has 2 nitrogen and oxygen atoms in total. The van der Waals surface area contributed by atoms with Crippen LogP contribution in [-0.4, -0.2) is 18.8 Å². The second kappa shape index (κ2) is 7.53. The molecule has 0 saturated heterocycles. The molecule has 0 aliphatic carbocycles. The fourth-order valence-corrected chi connectivity index (χ4v) is 1.11. The molecular weight excluding hydrogens is 245 g/mol. The molecule has 0 aromatic heterocycles. The van der Waals surface area contributed by atoms with Gasteiger partial charge in [-0.15, -0.1) is 0 Å². The van der Waals surface area contributed by atoms with E-state index in [4.69, 9.17) is 0 Å². The second-order valence-electron chi connectivity index (χ2n) is 3.18. The lowest BCUT2D eigenvalue weighted by atomic mass is 10.1. The third kappa shape index (κ3) is 5.52. The predicted molar refractivity (Wildman–Crippen MR) is 63.9 cm³/mol. The number of ether oxygens (including phenoxy) is 1. The maximum Gasteiger partial charge on any atom is 0.423 e. The van der Waals surface area contributed by atoms with Gasteiger partial charge < -0.3 is 4.74 Å². The largest absolute Gasteiger partial charge is 0.462 e. The van der Waals surface area contributed by atoms with Crippen molar-refractivity contribution in [3.63, 3.8) is 0 Å². The van der Waals surface area contributed by atoms with Crippen LogP contribution in [0.2, 0.25) is 0 Å². The van der Waals surface area contributed by atoms with Crippen LogP contribution in [-0.2, 0) is 9.53 Å². The average Bonchev–Trinajstić information content (AvgIpc) is 2.24.